The molecule has 0 saturated heterocycles. The molecule has 1 aromatic carbocycles. The Morgan fingerprint density at radius 3 is 2.95 bits per heavy atom. The van der Waals surface area contributed by atoms with Crippen molar-refractivity contribution in [2.45, 2.75) is 20.3 Å². The molecule has 106 valence electrons. The first kappa shape index (κ1) is 14.0. The lowest BCUT2D eigenvalue weighted by Gasteiger charge is -2.07. The van der Waals surface area contributed by atoms with Crippen LogP contribution in [-0.4, -0.2) is 29.3 Å². The van der Waals surface area contributed by atoms with E-state index in [4.69, 9.17) is 9.26 Å². The maximum Gasteiger partial charge on any atom is 0.379 e. The van der Waals surface area contributed by atoms with Crippen molar-refractivity contribution < 1.29 is 14.1 Å². The van der Waals surface area contributed by atoms with Crippen LogP contribution in [-0.2, 0) is 11.2 Å². The summed E-state index contributed by atoms with van der Waals surface area (Å²) < 4.78 is 9.79. The molecule has 0 radical (unpaired) electrons. The second-order valence-corrected chi connectivity index (χ2v) is 4.22. The molecule has 0 bridgehead atoms. The summed E-state index contributed by atoms with van der Waals surface area (Å²) in [4.78, 5) is 15.4. The largest absolute Gasteiger partial charge is 0.460 e. The number of carbonyl (C=O) groups is 1. The van der Waals surface area contributed by atoms with Gasteiger partial charge in [0.25, 0.3) is 5.82 Å². The van der Waals surface area contributed by atoms with Gasteiger partial charge in [0.2, 0.25) is 5.89 Å². The summed E-state index contributed by atoms with van der Waals surface area (Å²) in [5.41, 5.74) is 2.24. The van der Waals surface area contributed by atoms with E-state index in [2.05, 4.69) is 15.5 Å². The lowest BCUT2D eigenvalue weighted by molar-refractivity contribution is 0.0508. The molecule has 2 aromatic rings. The van der Waals surface area contributed by atoms with E-state index in [0.29, 0.717) is 18.9 Å². The third-order valence-electron chi connectivity index (χ3n) is 2.73. The maximum absolute atomic E-state index is 11.4. The minimum absolute atomic E-state index is 0.0299. The summed E-state index contributed by atoms with van der Waals surface area (Å²) in [6, 6.07) is 8.01. The van der Waals surface area contributed by atoms with Gasteiger partial charge in [-0.05, 0) is 30.6 Å². The van der Waals surface area contributed by atoms with E-state index < -0.39 is 5.97 Å². The number of ether oxygens (including phenoxy) is 1. The van der Waals surface area contributed by atoms with Gasteiger partial charge in [-0.25, -0.2) is 4.79 Å². The Hall–Kier alpha value is -2.37. The number of esters is 1. The average molecular weight is 275 g/mol. The van der Waals surface area contributed by atoms with Crippen LogP contribution in [0.2, 0.25) is 0 Å². The number of rotatable bonds is 6. The van der Waals surface area contributed by atoms with E-state index in [9.17, 15) is 4.79 Å². The highest BCUT2D eigenvalue weighted by Crippen LogP contribution is 2.12. The van der Waals surface area contributed by atoms with Crippen molar-refractivity contribution in [1.29, 1.82) is 0 Å². The minimum atomic E-state index is -0.561. The summed E-state index contributed by atoms with van der Waals surface area (Å²) in [5, 5.41) is 6.87. The van der Waals surface area contributed by atoms with Gasteiger partial charge in [-0.1, -0.05) is 18.2 Å². The van der Waals surface area contributed by atoms with Crippen LogP contribution in [0.1, 0.15) is 29.0 Å². The molecule has 0 saturated carbocycles. The molecule has 0 unspecified atom stereocenters. The molecular weight excluding hydrogens is 258 g/mol. The number of hydrogen-bond acceptors (Lipinski definition) is 6. The zero-order valence-corrected chi connectivity index (χ0v) is 11.5. The number of anilines is 1. The van der Waals surface area contributed by atoms with Gasteiger partial charge in [0.1, 0.15) is 0 Å². The third kappa shape index (κ3) is 3.57. The number of nitrogens with one attached hydrogen (secondary N) is 1. The van der Waals surface area contributed by atoms with Crippen molar-refractivity contribution in [3.63, 3.8) is 0 Å². The van der Waals surface area contributed by atoms with Crippen molar-refractivity contribution in [2.75, 3.05) is 18.5 Å². The first-order valence-corrected chi connectivity index (χ1v) is 6.50. The van der Waals surface area contributed by atoms with E-state index in [0.717, 1.165) is 5.69 Å². The quantitative estimate of drug-likeness (QED) is 0.814. The highest BCUT2D eigenvalue weighted by molar-refractivity contribution is 5.84. The number of aryl methyl sites for hydroxylation is 1. The van der Waals surface area contributed by atoms with Gasteiger partial charge < -0.3 is 14.6 Å². The van der Waals surface area contributed by atoms with Crippen LogP contribution in [0.3, 0.4) is 0 Å². The first-order valence-electron chi connectivity index (χ1n) is 6.50. The molecule has 0 aliphatic carbocycles. The lowest BCUT2D eigenvalue weighted by Crippen LogP contribution is -2.08. The molecule has 1 N–H and O–H groups in total. The monoisotopic (exact) mass is 275 g/mol. The van der Waals surface area contributed by atoms with Crippen molar-refractivity contribution in [2.24, 2.45) is 0 Å². The molecule has 0 fully saturated rings. The highest BCUT2D eigenvalue weighted by atomic mass is 16.5. The van der Waals surface area contributed by atoms with Gasteiger partial charge in [-0.2, -0.15) is 4.98 Å². The molecule has 0 atom stereocenters. The zero-order valence-electron chi connectivity index (χ0n) is 11.5. The smallest absolute Gasteiger partial charge is 0.379 e. The molecule has 20 heavy (non-hydrogen) atoms. The number of carbonyl (C=O) groups excluding carboxylic acids is 1. The van der Waals surface area contributed by atoms with Crippen molar-refractivity contribution in [3.8, 4) is 0 Å². The van der Waals surface area contributed by atoms with Gasteiger partial charge in [-0.3, -0.25) is 0 Å². The Morgan fingerprint density at radius 1 is 1.40 bits per heavy atom. The molecule has 2 rings (SSSR count). The Kier molecular flexibility index (Phi) is 4.70. The average Bonchev–Trinajstić information content (AvgIpc) is 2.90. The fourth-order valence-corrected chi connectivity index (χ4v) is 1.71. The van der Waals surface area contributed by atoms with E-state index >= 15 is 0 Å². The second kappa shape index (κ2) is 6.70. The predicted octanol–water partition coefficient (Wildman–Crippen LogP) is 2.21. The third-order valence-corrected chi connectivity index (χ3v) is 2.73. The number of benzene rings is 1. The topological polar surface area (TPSA) is 77.2 Å². The fraction of sp³-hybridized carbons (Fsp3) is 0.357. The van der Waals surface area contributed by atoms with Gasteiger partial charge in [0, 0.05) is 18.7 Å². The standard InChI is InChI=1S/C14H17N3O3/c1-3-19-14(18)13-16-12(20-17-13)8-9-15-11-7-5-4-6-10(11)2/h4-7,15H,3,8-9H2,1-2H3. The SMILES string of the molecule is CCOC(=O)c1noc(CCNc2ccccc2C)n1. The second-order valence-electron chi connectivity index (χ2n) is 4.22. The van der Waals surface area contributed by atoms with E-state index in [-0.39, 0.29) is 12.4 Å². The molecule has 0 amide bonds. The first-order chi connectivity index (χ1) is 9.70. The van der Waals surface area contributed by atoms with Crippen LogP contribution in [0.15, 0.2) is 28.8 Å². The summed E-state index contributed by atoms with van der Waals surface area (Å²) >= 11 is 0. The molecule has 0 aliphatic heterocycles. The molecular formula is C14H17N3O3. The molecule has 1 heterocycles. The Labute approximate surface area is 117 Å². The predicted molar refractivity (Wildman–Crippen MR) is 73.6 cm³/mol. The summed E-state index contributed by atoms with van der Waals surface area (Å²) in [6.45, 7) is 4.70. The van der Waals surface area contributed by atoms with Crippen molar-refractivity contribution in [1.82, 2.24) is 10.1 Å². The number of nitrogens with zero attached hydrogens (tertiary/aromatic N) is 2. The maximum atomic E-state index is 11.4. The Balaban J connectivity index is 1.86. The van der Waals surface area contributed by atoms with Crippen molar-refractivity contribution in [3.05, 3.63) is 41.5 Å². The molecule has 0 spiro atoms. The summed E-state index contributed by atoms with van der Waals surface area (Å²) in [7, 11) is 0. The lowest BCUT2D eigenvalue weighted by atomic mass is 10.2. The molecule has 6 nitrogen and oxygen atoms in total. The van der Waals surface area contributed by atoms with Crippen LogP contribution in [0.4, 0.5) is 5.69 Å². The molecule has 1 aromatic heterocycles. The number of aromatic nitrogens is 2. The molecule has 6 heteroatoms. The van der Waals surface area contributed by atoms with Gasteiger partial charge in [-0.15, -0.1) is 0 Å². The summed E-state index contributed by atoms with van der Waals surface area (Å²) in [5.74, 6) is -0.179. The number of para-hydroxylation sites is 1. The van der Waals surface area contributed by atoms with Crippen LogP contribution in [0, 0.1) is 6.92 Å². The van der Waals surface area contributed by atoms with Crippen LogP contribution >= 0.6 is 0 Å². The fourth-order valence-electron chi connectivity index (χ4n) is 1.71. The normalized spacial score (nSPS) is 10.3. The van der Waals surface area contributed by atoms with Crippen LogP contribution in [0.25, 0.3) is 0 Å². The summed E-state index contributed by atoms with van der Waals surface area (Å²) in [6.07, 6.45) is 0.542. The van der Waals surface area contributed by atoms with Gasteiger partial charge in [0.15, 0.2) is 0 Å². The zero-order chi connectivity index (χ0) is 14.4. The highest BCUT2D eigenvalue weighted by Gasteiger charge is 2.15. The van der Waals surface area contributed by atoms with E-state index in [1.165, 1.54) is 5.56 Å². The Bertz CT molecular complexity index is 581. The van der Waals surface area contributed by atoms with E-state index in [1.807, 2.05) is 31.2 Å². The van der Waals surface area contributed by atoms with Crippen molar-refractivity contribution >= 4 is 11.7 Å². The van der Waals surface area contributed by atoms with Crippen LogP contribution < -0.4 is 5.32 Å². The van der Waals surface area contributed by atoms with Gasteiger partial charge in [0.05, 0.1) is 6.61 Å². The van der Waals surface area contributed by atoms with Gasteiger partial charge >= 0.3 is 5.97 Å². The molecule has 0 aliphatic rings. The van der Waals surface area contributed by atoms with E-state index in [1.54, 1.807) is 6.92 Å². The minimum Gasteiger partial charge on any atom is -0.460 e. The van der Waals surface area contributed by atoms with Crippen LogP contribution in [0.5, 0.6) is 0 Å². The number of hydrogen-bond donors (Lipinski definition) is 1. The Morgan fingerprint density at radius 2 is 2.20 bits per heavy atom.